The number of thiophene rings is 1. The largest absolute Gasteiger partial charge is 0.497 e. The SMILES string of the molecule is COc1ccc2c(c1)CCCC2CN(C)CCc1cccs1. The van der Waals surface area contributed by atoms with Crippen LogP contribution in [0.4, 0.5) is 0 Å². The smallest absolute Gasteiger partial charge is 0.119 e. The van der Waals surface area contributed by atoms with E-state index in [1.807, 2.05) is 11.3 Å². The van der Waals surface area contributed by atoms with Crippen LogP contribution in [0.25, 0.3) is 0 Å². The molecule has 2 aromatic rings. The second kappa shape index (κ2) is 7.30. The summed E-state index contributed by atoms with van der Waals surface area (Å²) in [6, 6.07) is 11.0. The summed E-state index contributed by atoms with van der Waals surface area (Å²) in [5.41, 5.74) is 3.03. The average molecular weight is 315 g/mol. The van der Waals surface area contributed by atoms with E-state index < -0.39 is 0 Å². The Balaban J connectivity index is 1.61. The molecule has 1 atom stereocenters. The van der Waals surface area contributed by atoms with Crippen molar-refractivity contribution in [2.45, 2.75) is 31.6 Å². The maximum Gasteiger partial charge on any atom is 0.119 e. The van der Waals surface area contributed by atoms with Gasteiger partial charge in [0.2, 0.25) is 0 Å². The van der Waals surface area contributed by atoms with Crippen molar-refractivity contribution in [2.24, 2.45) is 0 Å². The molecule has 1 aliphatic carbocycles. The predicted octanol–water partition coefficient (Wildman–Crippen LogP) is 4.35. The van der Waals surface area contributed by atoms with Gasteiger partial charge in [0.15, 0.2) is 0 Å². The molecule has 1 unspecified atom stereocenters. The van der Waals surface area contributed by atoms with E-state index in [0.717, 1.165) is 25.3 Å². The van der Waals surface area contributed by atoms with Crippen molar-refractivity contribution in [3.8, 4) is 5.75 Å². The molecule has 0 spiro atoms. The van der Waals surface area contributed by atoms with Crippen LogP contribution < -0.4 is 4.74 Å². The number of hydrogen-bond donors (Lipinski definition) is 0. The molecule has 0 bridgehead atoms. The van der Waals surface area contributed by atoms with E-state index in [2.05, 4.69) is 47.7 Å². The minimum atomic E-state index is 0.669. The predicted molar refractivity (Wildman–Crippen MR) is 94.2 cm³/mol. The zero-order valence-electron chi connectivity index (χ0n) is 13.5. The molecule has 0 amide bonds. The summed E-state index contributed by atoms with van der Waals surface area (Å²) in [6.07, 6.45) is 4.96. The van der Waals surface area contributed by atoms with Gasteiger partial charge in [-0.25, -0.2) is 0 Å². The molecule has 0 aliphatic heterocycles. The molecular weight excluding hydrogens is 290 g/mol. The molecule has 0 saturated heterocycles. The lowest BCUT2D eigenvalue weighted by atomic mass is 9.82. The van der Waals surface area contributed by atoms with Crippen LogP contribution in [0.2, 0.25) is 0 Å². The lowest BCUT2D eigenvalue weighted by Crippen LogP contribution is -2.28. The van der Waals surface area contributed by atoms with Crippen molar-refractivity contribution in [3.63, 3.8) is 0 Å². The highest BCUT2D eigenvalue weighted by Crippen LogP contribution is 2.34. The van der Waals surface area contributed by atoms with Gasteiger partial charge in [-0.05, 0) is 73.4 Å². The Hall–Kier alpha value is -1.32. The average Bonchev–Trinajstić information content (AvgIpc) is 3.06. The second-order valence-electron chi connectivity index (χ2n) is 6.25. The number of nitrogens with zero attached hydrogens (tertiary/aromatic N) is 1. The van der Waals surface area contributed by atoms with Crippen molar-refractivity contribution >= 4 is 11.3 Å². The van der Waals surface area contributed by atoms with E-state index >= 15 is 0 Å². The monoisotopic (exact) mass is 315 g/mol. The third-order valence-electron chi connectivity index (χ3n) is 4.64. The molecule has 1 aliphatic rings. The molecule has 1 heterocycles. The fraction of sp³-hybridized carbons (Fsp3) is 0.474. The maximum atomic E-state index is 5.37. The summed E-state index contributed by atoms with van der Waals surface area (Å²) in [4.78, 5) is 3.98. The van der Waals surface area contributed by atoms with Gasteiger partial charge in [0.1, 0.15) is 5.75 Å². The van der Waals surface area contributed by atoms with Crippen LogP contribution in [0.5, 0.6) is 5.75 Å². The molecule has 3 rings (SSSR count). The van der Waals surface area contributed by atoms with E-state index in [1.165, 1.54) is 35.3 Å². The Kier molecular flexibility index (Phi) is 5.16. The van der Waals surface area contributed by atoms with Gasteiger partial charge in [-0.2, -0.15) is 0 Å². The van der Waals surface area contributed by atoms with Crippen molar-refractivity contribution < 1.29 is 4.74 Å². The topological polar surface area (TPSA) is 12.5 Å². The lowest BCUT2D eigenvalue weighted by Gasteiger charge is -2.29. The van der Waals surface area contributed by atoms with Gasteiger partial charge in [-0.1, -0.05) is 12.1 Å². The Morgan fingerprint density at radius 3 is 3.00 bits per heavy atom. The van der Waals surface area contributed by atoms with Gasteiger partial charge in [-0.3, -0.25) is 0 Å². The number of likely N-dealkylation sites (N-methyl/N-ethyl adjacent to an activating group) is 1. The van der Waals surface area contributed by atoms with Crippen LogP contribution in [-0.4, -0.2) is 32.1 Å². The van der Waals surface area contributed by atoms with Crippen molar-refractivity contribution in [1.82, 2.24) is 4.90 Å². The number of hydrogen-bond acceptors (Lipinski definition) is 3. The van der Waals surface area contributed by atoms with Gasteiger partial charge < -0.3 is 9.64 Å². The molecule has 2 nitrogen and oxygen atoms in total. The van der Waals surface area contributed by atoms with Crippen molar-refractivity contribution in [3.05, 3.63) is 51.7 Å². The third-order valence-corrected chi connectivity index (χ3v) is 5.58. The fourth-order valence-corrected chi connectivity index (χ4v) is 4.13. The van der Waals surface area contributed by atoms with Crippen LogP contribution in [0, 0.1) is 0 Å². The molecule has 22 heavy (non-hydrogen) atoms. The Bertz CT molecular complexity index is 593. The minimum absolute atomic E-state index is 0.669. The number of rotatable bonds is 6. The second-order valence-corrected chi connectivity index (χ2v) is 7.28. The standard InChI is InChI=1S/C19H25NOS/c1-20(11-10-18-7-4-12-22-18)14-16-6-3-5-15-13-17(21-2)8-9-19(15)16/h4,7-9,12-13,16H,3,5-6,10-11,14H2,1-2H3. The molecule has 1 aromatic carbocycles. The van der Waals surface area contributed by atoms with Crippen LogP contribution >= 0.6 is 11.3 Å². The number of ether oxygens (including phenoxy) is 1. The summed E-state index contributed by atoms with van der Waals surface area (Å²) in [6.45, 7) is 2.30. The van der Waals surface area contributed by atoms with E-state index in [0.29, 0.717) is 5.92 Å². The lowest BCUT2D eigenvalue weighted by molar-refractivity contribution is 0.301. The highest BCUT2D eigenvalue weighted by Gasteiger charge is 2.21. The first-order chi connectivity index (χ1) is 10.8. The summed E-state index contributed by atoms with van der Waals surface area (Å²) >= 11 is 1.86. The van der Waals surface area contributed by atoms with E-state index in [9.17, 15) is 0 Å². The van der Waals surface area contributed by atoms with Crippen LogP contribution in [0.15, 0.2) is 35.7 Å². The molecule has 0 saturated carbocycles. The molecule has 0 N–H and O–H groups in total. The number of methoxy groups -OCH3 is 1. The molecule has 3 heteroatoms. The molecule has 1 aromatic heterocycles. The summed E-state index contributed by atoms with van der Waals surface area (Å²) in [5.74, 6) is 1.66. The summed E-state index contributed by atoms with van der Waals surface area (Å²) in [5, 5.41) is 2.17. The van der Waals surface area contributed by atoms with Gasteiger partial charge in [0.05, 0.1) is 7.11 Å². The van der Waals surface area contributed by atoms with Crippen LogP contribution in [0.3, 0.4) is 0 Å². The fourth-order valence-electron chi connectivity index (χ4n) is 3.43. The Labute approximate surface area is 137 Å². The zero-order valence-corrected chi connectivity index (χ0v) is 14.4. The van der Waals surface area contributed by atoms with Gasteiger partial charge >= 0.3 is 0 Å². The van der Waals surface area contributed by atoms with E-state index in [1.54, 1.807) is 7.11 Å². The Morgan fingerprint density at radius 1 is 1.32 bits per heavy atom. The van der Waals surface area contributed by atoms with E-state index in [4.69, 9.17) is 4.74 Å². The van der Waals surface area contributed by atoms with E-state index in [-0.39, 0.29) is 0 Å². The summed E-state index contributed by atoms with van der Waals surface area (Å²) in [7, 11) is 4.01. The number of aryl methyl sites for hydroxylation is 1. The number of benzene rings is 1. The third kappa shape index (κ3) is 3.71. The Morgan fingerprint density at radius 2 is 2.23 bits per heavy atom. The number of fused-ring (bicyclic) bond motifs is 1. The summed E-state index contributed by atoms with van der Waals surface area (Å²) < 4.78 is 5.37. The van der Waals surface area contributed by atoms with Crippen molar-refractivity contribution in [1.29, 1.82) is 0 Å². The first-order valence-corrected chi connectivity index (χ1v) is 9.02. The highest BCUT2D eigenvalue weighted by atomic mass is 32.1. The first kappa shape index (κ1) is 15.6. The quantitative estimate of drug-likeness (QED) is 0.786. The first-order valence-electron chi connectivity index (χ1n) is 8.14. The molecule has 0 fully saturated rings. The highest BCUT2D eigenvalue weighted by molar-refractivity contribution is 7.09. The zero-order chi connectivity index (χ0) is 15.4. The minimum Gasteiger partial charge on any atom is -0.497 e. The molecule has 0 radical (unpaired) electrons. The van der Waals surface area contributed by atoms with Crippen LogP contribution in [0.1, 0.15) is 34.8 Å². The van der Waals surface area contributed by atoms with Gasteiger partial charge in [0, 0.05) is 18.0 Å². The van der Waals surface area contributed by atoms with Crippen molar-refractivity contribution in [2.75, 3.05) is 27.2 Å². The van der Waals surface area contributed by atoms with Gasteiger partial charge in [0.25, 0.3) is 0 Å². The van der Waals surface area contributed by atoms with Crippen LogP contribution in [-0.2, 0) is 12.8 Å². The molecular formula is C19H25NOS. The van der Waals surface area contributed by atoms with Gasteiger partial charge in [-0.15, -0.1) is 11.3 Å². The normalized spacial score (nSPS) is 17.5. The maximum absolute atomic E-state index is 5.37. The molecule has 118 valence electrons.